The van der Waals surface area contributed by atoms with E-state index >= 15 is 0 Å². The molecule has 0 bridgehead atoms. The number of hydrogen-bond donors (Lipinski definition) is 1. The van der Waals surface area contributed by atoms with Gasteiger partial charge in [0.15, 0.2) is 0 Å². The van der Waals surface area contributed by atoms with E-state index in [0.717, 1.165) is 18.2 Å². The van der Waals surface area contributed by atoms with Crippen molar-refractivity contribution in [1.29, 1.82) is 0 Å². The van der Waals surface area contributed by atoms with Crippen LogP contribution < -0.4 is 0 Å². The fourth-order valence-electron chi connectivity index (χ4n) is 3.69. The summed E-state index contributed by atoms with van der Waals surface area (Å²) in [5.74, 6) is -1.69. The smallest absolute Gasteiger partial charge is 0.330 e. The van der Waals surface area contributed by atoms with Gasteiger partial charge in [0.2, 0.25) is 0 Å². The molecule has 0 aliphatic carbocycles. The molecular formula is C22H34O7. The van der Waals surface area contributed by atoms with Crippen molar-refractivity contribution in [3.63, 3.8) is 0 Å². The van der Waals surface area contributed by atoms with Crippen molar-refractivity contribution in [2.45, 2.75) is 71.2 Å². The summed E-state index contributed by atoms with van der Waals surface area (Å²) in [5, 5.41) is 9.43. The normalized spacial score (nSPS) is 15.7. The molecule has 0 radical (unpaired) electrons. The van der Waals surface area contributed by atoms with E-state index in [0.29, 0.717) is 32.1 Å². The summed E-state index contributed by atoms with van der Waals surface area (Å²) in [6, 6.07) is 0. The Kier molecular flexibility index (Phi) is 12.6. The molecule has 0 saturated heterocycles. The number of carbonyl (C=O) groups is 3. The molecule has 1 N–H and O–H groups in total. The molecule has 0 aromatic rings. The Hall–Kier alpha value is -2.41. The van der Waals surface area contributed by atoms with Gasteiger partial charge < -0.3 is 19.3 Å². The lowest BCUT2D eigenvalue weighted by atomic mass is 9.69. The third kappa shape index (κ3) is 9.56. The van der Waals surface area contributed by atoms with E-state index in [2.05, 4.69) is 19.7 Å². The first-order chi connectivity index (χ1) is 13.7. The highest BCUT2D eigenvalue weighted by Gasteiger charge is 2.43. The lowest BCUT2D eigenvalue weighted by molar-refractivity contribution is -0.162. The molecule has 0 rings (SSSR count). The van der Waals surface area contributed by atoms with Crippen molar-refractivity contribution in [1.82, 2.24) is 0 Å². The van der Waals surface area contributed by atoms with E-state index in [-0.39, 0.29) is 6.61 Å². The van der Waals surface area contributed by atoms with E-state index in [9.17, 15) is 19.5 Å². The monoisotopic (exact) mass is 410 g/mol. The summed E-state index contributed by atoms with van der Waals surface area (Å²) in [5.41, 5.74) is -0.710. The van der Waals surface area contributed by atoms with Crippen LogP contribution >= 0.6 is 0 Å². The van der Waals surface area contributed by atoms with Crippen LogP contribution in [0.5, 0.6) is 0 Å². The maximum absolute atomic E-state index is 11.9. The summed E-state index contributed by atoms with van der Waals surface area (Å²) < 4.78 is 16.3. The molecule has 164 valence electrons. The van der Waals surface area contributed by atoms with Gasteiger partial charge in [-0.2, -0.15) is 0 Å². The van der Waals surface area contributed by atoms with Crippen molar-refractivity contribution >= 4 is 17.9 Å². The van der Waals surface area contributed by atoms with Gasteiger partial charge in [0.25, 0.3) is 0 Å². The largest absolute Gasteiger partial charge is 0.460 e. The van der Waals surface area contributed by atoms with E-state index in [1.165, 1.54) is 0 Å². The van der Waals surface area contributed by atoms with Crippen LogP contribution in [0.4, 0.5) is 0 Å². The van der Waals surface area contributed by atoms with Crippen LogP contribution in [0, 0.1) is 5.41 Å². The highest BCUT2D eigenvalue weighted by atomic mass is 16.6. The number of rotatable bonds is 15. The number of ether oxygens (including phenoxy) is 3. The zero-order chi connectivity index (χ0) is 22.4. The molecular weight excluding hydrogens is 376 g/mol. The van der Waals surface area contributed by atoms with Crippen LogP contribution in [0.15, 0.2) is 38.0 Å². The van der Waals surface area contributed by atoms with Crippen molar-refractivity contribution < 1.29 is 33.7 Å². The Labute approximate surface area is 173 Å². The molecule has 7 heteroatoms. The molecule has 0 spiro atoms. The van der Waals surface area contributed by atoms with E-state index in [1.54, 1.807) is 13.8 Å². The second-order valence-electron chi connectivity index (χ2n) is 7.04. The minimum absolute atomic E-state index is 0.0603. The fourth-order valence-corrected chi connectivity index (χ4v) is 3.69. The fraction of sp³-hybridized carbons (Fsp3) is 0.591. The van der Waals surface area contributed by atoms with Crippen molar-refractivity contribution in [3.8, 4) is 0 Å². The second-order valence-corrected chi connectivity index (χ2v) is 7.04. The third-order valence-corrected chi connectivity index (χ3v) is 4.67. The number of hydrogen-bond acceptors (Lipinski definition) is 7. The first-order valence-electron chi connectivity index (χ1n) is 9.77. The maximum atomic E-state index is 11.9. The molecule has 0 fully saturated rings. The van der Waals surface area contributed by atoms with Crippen LogP contribution in [-0.4, -0.2) is 47.9 Å². The quantitative estimate of drug-likeness (QED) is 0.251. The molecule has 0 saturated carbocycles. The van der Waals surface area contributed by atoms with Gasteiger partial charge in [-0.1, -0.05) is 26.7 Å². The Morgan fingerprint density at radius 1 is 0.897 bits per heavy atom. The molecule has 0 aliphatic heterocycles. The van der Waals surface area contributed by atoms with Crippen LogP contribution in [0.1, 0.15) is 52.9 Å². The molecule has 0 heterocycles. The Balaban J connectivity index is 5.94. The van der Waals surface area contributed by atoms with Gasteiger partial charge in [-0.15, -0.1) is 0 Å². The summed E-state index contributed by atoms with van der Waals surface area (Å²) in [6.07, 6.45) is 3.72. The number of carbonyl (C=O) groups excluding carboxylic acids is 3. The zero-order valence-corrected chi connectivity index (χ0v) is 17.7. The number of aliphatic hydroxyl groups excluding tert-OH is 1. The number of esters is 3. The molecule has 0 amide bonds. The molecule has 0 aliphatic rings. The maximum Gasteiger partial charge on any atom is 0.330 e. The molecule has 7 nitrogen and oxygen atoms in total. The van der Waals surface area contributed by atoms with Crippen molar-refractivity contribution in [3.05, 3.63) is 38.0 Å². The van der Waals surface area contributed by atoms with Gasteiger partial charge in [0.1, 0.15) is 6.10 Å². The lowest BCUT2D eigenvalue weighted by Crippen LogP contribution is -2.44. The third-order valence-electron chi connectivity index (χ3n) is 4.67. The predicted octanol–water partition coefficient (Wildman–Crippen LogP) is 3.27. The van der Waals surface area contributed by atoms with Gasteiger partial charge in [-0.05, 0) is 46.0 Å². The van der Waals surface area contributed by atoms with Gasteiger partial charge in [-0.25, -0.2) is 14.4 Å². The van der Waals surface area contributed by atoms with Gasteiger partial charge in [0, 0.05) is 30.2 Å². The highest BCUT2D eigenvalue weighted by molar-refractivity contribution is 5.82. The van der Waals surface area contributed by atoms with Gasteiger partial charge in [0.05, 0.1) is 12.2 Å². The summed E-state index contributed by atoms with van der Waals surface area (Å²) in [4.78, 5) is 35.2. The van der Waals surface area contributed by atoms with Crippen LogP contribution in [0.3, 0.4) is 0 Å². The summed E-state index contributed by atoms with van der Waals surface area (Å²) >= 11 is 0. The van der Waals surface area contributed by atoms with Crippen molar-refractivity contribution in [2.75, 3.05) is 6.61 Å². The molecule has 3 unspecified atom stereocenters. The van der Waals surface area contributed by atoms with Crippen LogP contribution in [0.25, 0.3) is 0 Å². The Morgan fingerprint density at radius 3 is 1.66 bits per heavy atom. The van der Waals surface area contributed by atoms with Crippen LogP contribution in [-0.2, 0) is 28.6 Å². The van der Waals surface area contributed by atoms with E-state index in [4.69, 9.17) is 14.2 Å². The summed E-state index contributed by atoms with van der Waals surface area (Å²) in [7, 11) is 0. The Morgan fingerprint density at radius 2 is 1.31 bits per heavy atom. The minimum Gasteiger partial charge on any atom is -0.460 e. The SMILES string of the molecule is C=CC(=O)OC(C)CC(CCCO)(CC(C)OC(=O)C=C)C(CC)OC(=O)C=C. The first-order valence-corrected chi connectivity index (χ1v) is 9.77. The molecule has 29 heavy (non-hydrogen) atoms. The topological polar surface area (TPSA) is 99.1 Å². The van der Waals surface area contributed by atoms with Gasteiger partial charge in [-0.3, -0.25) is 0 Å². The molecule has 0 aromatic carbocycles. The average molecular weight is 411 g/mol. The molecule has 0 aromatic heterocycles. The van der Waals surface area contributed by atoms with Gasteiger partial charge >= 0.3 is 17.9 Å². The summed E-state index contributed by atoms with van der Waals surface area (Å²) in [6.45, 7) is 15.5. The standard InChI is InChI=1S/C22H34O7/c1-7-18(29-21(26)10-4)22(12-11-13-23,14-16(5)27-19(24)8-2)15-17(6)28-20(25)9-3/h8-10,16-18,23H,2-4,7,11-15H2,1,5-6H3. The average Bonchev–Trinajstić information content (AvgIpc) is 2.69. The van der Waals surface area contributed by atoms with E-state index in [1.807, 2.05) is 6.92 Å². The lowest BCUT2D eigenvalue weighted by Gasteiger charge is -2.42. The Bertz CT molecular complexity index is 552. The van der Waals surface area contributed by atoms with Crippen LogP contribution in [0.2, 0.25) is 0 Å². The second kappa shape index (κ2) is 13.7. The molecule has 3 atom stereocenters. The number of aliphatic hydroxyl groups is 1. The zero-order valence-electron chi connectivity index (χ0n) is 17.7. The predicted molar refractivity (Wildman–Crippen MR) is 110 cm³/mol. The van der Waals surface area contributed by atoms with E-state index < -0.39 is 41.6 Å². The minimum atomic E-state index is -0.710. The first kappa shape index (κ1) is 26.6. The highest BCUT2D eigenvalue weighted by Crippen LogP contribution is 2.42. The van der Waals surface area contributed by atoms with Crippen molar-refractivity contribution in [2.24, 2.45) is 5.41 Å².